The monoisotopic (exact) mass is 236 g/mol. The molecule has 1 aliphatic rings. The highest BCUT2D eigenvalue weighted by atomic mass is 15.3. The van der Waals surface area contributed by atoms with Gasteiger partial charge in [-0.05, 0) is 26.2 Å². The number of rotatable bonds is 5. The van der Waals surface area contributed by atoms with E-state index >= 15 is 0 Å². The Balaban J connectivity index is 2.16. The molecule has 2 rings (SSSR count). The molecule has 0 saturated heterocycles. The standard InChI is InChI=1S/C11H20N6/c1-4-12-9-14-10(13-8-6-5-7-8)16-11(15-9)17(2)3/h8H,4-7H2,1-3H3,(H2,12,13,14,15,16). The molecule has 2 N–H and O–H groups in total. The SMILES string of the molecule is CCNc1nc(NC2CCC2)nc(N(C)C)n1. The third-order valence-corrected chi connectivity index (χ3v) is 2.80. The molecule has 17 heavy (non-hydrogen) atoms. The minimum absolute atomic E-state index is 0.530. The molecule has 1 fully saturated rings. The summed E-state index contributed by atoms with van der Waals surface area (Å²) in [6.45, 7) is 2.83. The zero-order chi connectivity index (χ0) is 12.3. The first kappa shape index (κ1) is 11.9. The first-order valence-electron chi connectivity index (χ1n) is 6.13. The Morgan fingerprint density at radius 3 is 2.41 bits per heavy atom. The van der Waals surface area contributed by atoms with Crippen LogP contribution in [0.2, 0.25) is 0 Å². The Bertz CT molecular complexity index is 374. The van der Waals surface area contributed by atoms with Crippen molar-refractivity contribution in [2.75, 3.05) is 36.2 Å². The van der Waals surface area contributed by atoms with Crippen molar-refractivity contribution in [3.8, 4) is 0 Å². The summed E-state index contributed by atoms with van der Waals surface area (Å²) in [5, 5.41) is 6.47. The predicted octanol–water partition coefficient (Wildman–Crippen LogP) is 1.33. The topological polar surface area (TPSA) is 66.0 Å². The van der Waals surface area contributed by atoms with Gasteiger partial charge in [-0.15, -0.1) is 0 Å². The molecule has 1 aromatic heterocycles. The van der Waals surface area contributed by atoms with Gasteiger partial charge in [0.1, 0.15) is 0 Å². The molecule has 0 amide bonds. The lowest BCUT2D eigenvalue weighted by Gasteiger charge is -2.26. The molecule has 1 aromatic rings. The molecule has 0 radical (unpaired) electrons. The average Bonchev–Trinajstić information content (AvgIpc) is 2.24. The summed E-state index contributed by atoms with van der Waals surface area (Å²) >= 11 is 0. The van der Waals surface area contributed by atoms with Crippen molar-refractivity contribution in [3.63, 3.8) is 0 Å². The molecule has 1 saturated carbocycles. The molecule has 1 heterocycles. The molecular formula is C11H20N6. The fourth-order valence-electron chi connectivity index (χ4n) is 1.60. The van der Waals surface area contributed by atoms with Crippen LogP contribution in [0, 0.1) is 0 Å². The van der Waals surface area contributed by atoms with Crippen LogP contribution in [0.4, 0.5) is 17.8 Å². The molecule has 0 spiro atoms. The van der Waals surface area contributed by atoms with Crippen molar-refractivity contribution in [2.45, 2.75) is 32.2 Å². The second-order valence-electron chi connectivity index (χ2n) is 4.48. The molecule has 6 heteroatoms. The molecular weight excluding hydrogens is 216 g/mol. The number of hydrogen-bond donors (Lipinski definition) is 2. The van der Waals surface area contributed by atoms with Crippen LogP contribution in [-0.4, -0.2) is 41.6 Å². The van der Waals surface area contributed by atoms with E-state index in [9.17, 15) is 0 Å². The van der Waals surface area contributed by atoms with Crippen LogP contribution in [0.25, 0.3) is 0 Å². The van der Waals surface area contributed by atoms with Crippen LogP contribution in [0.3, 0.4) is 0 Å². The van der Waals surface area contributed by atoms with E-state index in [1.807, 2.05) is 25.9 Å². The number of nitrogens with one attached hydrogen (secondary N) is 2. The average molecular weight is 236 g/mol. The lowest BCUT2D eigenvalue weighted by Crippen LogP contribution is -2.28. The van der Waals surface area contributed by atoms with E-state index in [0.717, 1.165) is 6.54 Å². The minimum Gasteiger partial charge on any atom is -0.354 e. The lowest BCUT2D eigenvalue weighted by atomic mass is 9.93. The smallest absolute Gasteiger partial charge is 0.231 e. The van der Waals surface area contributed by atoms with Crippen LogP contribution in [0.1, 0.15) is 26.2 Å². The van der Waals surface area contributed by atoms with E-state index in [1.165, 1.54) is 19.3 Å². The summed E-state index contributed by atoms with van der Waals surface area (Å²) in [4.78, 5) is 15.0. The summed E-state index contributed by atoms with van der Waals surface area (Å²) in [7, 11) is 3.86. The van der Waals surface area contributed by atoms with Gasteiger partial charge in [0.25, 0.3) is 0 Å². The molecule has 1 aliphatic carbocycles. The maximum absolute atomic E-state index is 4.39. The largest absolute Gasteiger partial charge is 0.354 e. The Morgan fingerprint density at radius 1 is 1.18 bits per heavy atom. The Kier molecular flexibility index (Phi) is 3.61. The van der Waals surface area contributed by atoms with Gasteiger partial charge in [0.2, 0.25) is 17.8 Å². The molecule has 0 aliphatic heterocycles. The van der Waals surface area contributed by atoms with Crippen LogP contribution < -0.4 is 15.5 Å². The highest BCUT2D eigenvalue weighted by Gasteiger charge is 2.19. The maximum atomic E-state index is 4.39. The van der Waals surface area contributed by atoms with Crippen molar-refractivity contribution in [1.29, 1.82) is 0 Å². The third-order valence-electron chi connectivity index (χ3n) is 2.80. The van der Waals surface area contributed by atoms with Crippen LogP contribution in [-0.2, 0) is 0 Å². The predicted molar refractivity (Wildman–Crippen MR) is 69.6 cm³/mol. The molecule has 0 bridgehead atoms. The van der Waals surface area contributed by atoms with Gasteiger partial charge < -0.3 is 15.5 Å². The first-order valence-corrected chi connectivity index (χ1v) is 6.13. The van der Waals surface area contributed by atoms with E-state index in [4.69, 9.17) is 0 Å². The number of aromatic nitrogens is 3. The van der Waals surface area contributed by atoms with Crippen molar-refractivity contribution >= 4 is 17.8 Å². The van der Waals surface area contributed by atoms with Gasteiger partial charge >= 0.3 is 0 Å². The second kappa shape index (κ2) is 5.16. The van der Waals surface area contributed by atoms with Crippen LogP contribution >= 0.6 is 0 Å². The van der Waals surface area contributed by atoms with Gasteiger partial charge in [-0.25, -0.2) is 0 Å². The third kappa shape index (κ3) is 2.95. The Labute approximate surface area is 102 Å². The van der Waals surface area contributed by atoms with Gasteiger partial charge in [0.15, 0.2) is 0 Å². The Morgan fingerprint density at radius 2 is 1.88 bits per heavy atom. The quantitative estimate of drug-likeness (QED) is 0.804. The number of hydrogen-bond acceptors (Lipinski definition) is 6. The van der Waals surface area contributed by atoms with Crippen LogP contribution in [0.5, 0.6) is 0 Å². The normalized spacial score (nSPS) is 15.2. The summed E-state index contributed by atoms with van der Waals surface area (Å²) in [6.07, 6.45) is 3.71. The number of anilines is 3. The molecule has 0 atom stereocenters. The second-order valence-corrected chi connectivity index (χ2v) is 4.48. The van der Waals surface area contributed by atoms with Crippen molar-refractivity contribution in [3.05, 3.63) is 0 Å². The highest BCUT2D eigenvalue weighted by Crippen LogP contribution is 2.22. The zero-order valence-corrected chi connectivity index (χ0v) is 10.7. The van der Waals surface area contributed by atoms with Crippen molar-refractivity contribution in [2.24, 2.45) is 0 Å². The minimum atomic E-state index is 0.530. The van der Waals surface area contributed by atoms with Crippen LogP contribution in [0.15, 0.2) is 0 Å². The van der Waals surface area contributed by atoms with Gasteiger partial charge in [0.05, 0.1) is 0 Å². The summed E-state index contributed by atoms with van der Waals surface area (Å²) in [6, 6.07) is 0.530. The highest BCUT2D eigenvalue weighted by molar-refractivity contribution is 5.43. The van der Waals surface area contributed by atoms with E-state index in [1.54, 1.807) is 0 Å². The molecule has 0 aromatic carbocycles. The van der Waals surface area contributed by atoms with Crippen molar-refractivity contribution < 1.29 is 0 Å². The summed E-state index contributed by atoms with van der Waals surface area (Å²) in [5.74, 6) is 1.98. The van der Waals surface area contributed by atoms with E-state index in [2.05, 4.69) is 25.6 Å². The first-order chi connectivity index (χ1) is 8.19. The van der Waals surface area contributed by atoms with Gasteiger partial charge in [-0.2, -0.15) is 15.0 Å². The van der Waals surface area contributed by atoms with E-state index in [0.29, 0.717) is 23.9 Å². The van der Waals surface area contributed by atoms with Gasteiger partial charge in [0, 0.05) is 26.7 Å². The summed E-state index contributed by atoms with van der Waals surface area (Å²) < 4.78 is 0. The Hall–Kier alpha value is -1.59. The fraction of sp³-hybridized carbons (Fsp3) is 0.727. The van der Waals surface area contributed by atoms with Gasteiger partial charge in [-0.1, -0.05) is 0 Å². The molecule has 94 valence electrons. The molecule has 0 unspecified atom stereocenters. The van der Waals surface area contributed by atoms with E-state index < -0.39 is 0 Å². The lowest BCUT2D eigenvalue weighted by molar-refractivity contribution is 0.443. The van der Waals surface area contributed by atoms with Crippen molar-refractivity contribution in [1.82, 2.24) is 15.0 Å². The number of nitrogens with zero attached hydrogens (tertiary/aromatic N) is 4. The summed E-state index contributed by atoms with van der Waals surface area (Å²) in [5.41, 5.74) is 0. The zero-order valence-electron chi connectivity index (χ0n) is 10.7. The maximum Gasteiger partial charge on any atom is 0.231 e. The van der Waals surface area contributed by atoms with E-state index in [-0.39, 0.29) is 0 Å². The molecule has 6 nitrogen and oxygen atoms in total. The fourth-order valence-corrected chi connectivity index (χ4v) is 1.60. The van der Waals surface area contributed by atoms with Gasteiger partial charge in [-0.3, -0.25) is 0 Å².